The van der Waals surface area contributed by atoms with Crippen molar-refractivity contribution in [1.29, 1.82) is 0 Å². The summed E-state index contributed by atoms with van der Waals surface area (Å²) < 4.78 is 2.59. The molecule has 3 rings (SSSR count). The number of rotatable bonds is 4. The van der Waals surface area contributed by atoms with Crippen LogP contribution in [0.2, 0.25) is 0 Å². The first-order chi connectivity index (χ1) is 9.81. The molecule has 3 aromatic rings. The van der Waals surface area contributed by atoms with Gasteiger partial charge >= 0.3 is 0 Å². The lowest BCUT2D eigenvalue weighted by molar-refractivity contribution is 0.789. The monoisotopic (exact) mass is 330 g/mol. The Balaban J connectivity index is 1.72. The molecule has 1 N–H and O–H groups in total. The second-order valence-electron chi connectivity index (χ2n) is 4.13. The summed E-state index contributed by atoms with van der Waals surface area (Å²) in [7, 11) is 0. The lowest BCUT2D eigenvalue weighted by Gasteiger charge is -2.07. The van der Waals surface area contributed by atoms with Crippen LogP contribution >= 0.6 is 15.9 Å². The van der Waals surface area contributed by atoms with E-state index in [2.05, 4.69) is 41.8 Å². The number of nitrogens with zero attached hydrogens (tertiary/aromatic N) is 5. The van der Waals surface area contributed by atoms with E-state index >= 15 is 0 Å². The first-order valence-electron chi connectivity index (χ1n) is 5.99. The summed E-state index contributed by atoms with van der Waals surface area (Å²) in [6, 6.07) is 11.8. The van der Waals surface area contributed by atoms with Crippen LogP contribution in [0.1, 0.15) is 5.69 Å². The van der Waals surface area contributed by atoms with Crippen molar-refractivity contribution in [1.82, 2.24) is 25.2 Å². The number of hydrogen-bond donors (Lipinski definition) is 1. The van der Waals surface area contributed by atoms with Crippen LogP contribution in [-0.4, -0.2) is 25.2 Å². The molecule has 0 saturated heterocycles. The molecule has 7 heteroatoms. The first kappa shape index (κ1) is 12.7. The molecule has 0 bridgehead atoms. The van der Waals surface area contributed by atoms with Crippen molar-refractivity contribution in [2.24, 2.45) is 0 Å². The van der Waals surface area contributed by atoms with Gasteiger partial charge in [0.2, 0.25) is 0 Å². The zero-order valence-electron chi connectivity index (χ0n) is 10.4. The van der Waals surface area contributed by atoms with E-state index in [1.807, 2.05) is 36.4 Å². The van der Waals surface area contributed by atoms with Crippen LogP contribution in [0.25, 0.3) is 5.69 Å². The average molecular weight is 331 g/mol. The highest BCUT2D eigenvalue weighted by Gasteiger charge is 2.00. The highest BCUT2D eigenvalue weighted by Crippen LogP contribution is 2.14. The number of tetrazole rings is 1. The van der Waals surface area contributed by atoms with Crippen LogP contribution in [-0.2, 0) is 6.54 Å². The van der Waals surface area contributed by atoms with Crippen molar-refractivity contribution in [3.05, 3.63) is 59.1 Å². The molecule has 100 valence electrons. The van der Waals surface area contributed by atoms with Gasteiger partial charge in [-0.25, -0.2) is 4.68 Å². The van der Waals surface area contributed by atoms with Gasteiger partial charge in [-0.2, -0.15) is 0 Å². The van der Waals surface area contributed by atoms with Crippen LogP contribution in [0.5, 0.6) is 0 Å². The molecule has 2 heterocycles. The highest BCUT2D eigenvalue weighted by atomic mass is 79.9. The summed E-state index contributed by atoms with van der Waals surface area (Å²) in [5, 5.41) is 14.4. The Morgan fingerprint density at radius 2 is 2.15 bits per heavy atom. The molecular formula is C13H11BrN6. The molecule has 6 nitrogen and oxygen atoms in total. The van der Waals surface area contributed by atoms with Gasteiger partial charge < -0.3 is 5.32 Å². The molecule has 0 unspecified atom stereocenters. The van der Waals surface area contributed by atoms with E-state index in [1.54, 1.807) is 17.2 Å². The van der Waals surface area contributed by atoms with Gasteiger partial charge in [0, 0.05) is 16.4 Å². The summed E-state index contributed by atoms with van der Waals surface area (Å²) in [6.45, 7) is 0.659. The Hall–Kier alpha value is -2.28. The number of halogens is 1. The molecule has 0 atom stereocenters. The summed E-state index contributed by atoms with van der Waals surface area (Å²) in [6.07, 6.45) is 3.35. The Bertz CT molecular complexity index is 680. The van der Waals surface area contributed by atoms with E-state index < -0.39 is 0 Å². The predicted molar refractivity (Wildman–Crippen MR) is 78.4 cm³/mol. The Morgan fingerprint density at radius 3 is 2.90 bits per heavy atom. The quantitative estimate of drug-likeness (QED) is 0.795. The van der Waals surface area contributed by atoms with E-state index in [0.717, 1.165) is 21.5 Å². The van der Waals surface area contributed by atoms with Gasteiger partial charge in [0.1, 0.15) is 6.33 Å². The van der Waals surface area contributed by atoms with Gasteiger partial charge in [-0.1, -0.05) is 6.07 Å². The number of nitrogens with one attached hydrogen (secondary N) is 1. The van der Waals surface area contributed by atoms with Crippen molar-refractivity contribution in [3.63, 3.8) is 0 Å². The van der Waals surface area contributed by atoms with Crippen molar-refractivity contribution >= 4 is 21.6 Å². The molecule has 20 heavy (non-hydrogen) atoms. The summed E-state index contributed by atoms with van der Waals surface area (Å²) in [5.41, 5.74) is 2.87. The molecular weight excluding hydrogens is 320 g/mol. The second kappa shape index (κ2) is 5.79. The lowest BCUT2D eigenvalue weighted by atomic mass is 10.2. The van der Waals surface area contributed by atoms with Gasteiger partial charge in [0.25, 0.3) is 0 Å². The van der Waals surface area contributed by atoms with Crippen LogP contribution in [0.4, 0.5) is 5.69 Å². The Morgan fingerprint density at radius 1 is 1.20 bits per heavy atom. The van der Waals surface area contributed by atoms with Crippen LogP contribution < -0.4 is 5.32 Å². The first-order valence-corrected chi connectivity index (χ1v) is 6.78. The minimum Gasteiger partial charge on any atom is -0.379 e. The molecule has 0 amide bonds. The normalized spacial score (nSPS) is 10.4. The fraction of sp³-hybridized carbons (Fsp3) is 0.0769. The largest absolute Gasteiger partial charge is 0.379 e. The van der Waals surface area contributed by atoms with Gasteiger partial charge in [-0.3, -0.25) is 4.98 Å². The molecule has 2 aromatic heterocycles. The Kier molecular flexibility index (Phi) is 3.69. The number of aromatic nitrogens is 5. The molecule has 0 aliphatic rings. The number of hydrogen-bond acceptors (Lipinski definition) is 5. The minimum atomic E-state index is 0.659. The topological polar surface area (TPSA) is 68.5 Å². The van der Waals surface area contributed by atoms with E-state index in [-0.39, 0.29) is 0 Å². The van der Waals surface area contributed by atoms with Crippen LogP contribution in [0, 0.1) is 0 Å². The average Bonchev–Trinajstić information content (AvgIpc) is 3.01. The third kappa shape index (κ3) is 3.00. The van der Waals surface area contributed by atoms with Crippen molar-refractivity contribution < 1.29 is 0 Å². The lowest BCUT2D eigenvalue weighted by Crippen LogP contribution is -2.02. The van der Waals surface area contributed by atoms with E-state index in [4.69, 9.17) is 0 Å². The van der Waals surface area contributed by atoms with Gasteiger partial charge in [-0.05, 0) is 56.7 Å². The Labute approximate surface area is 124 Å². The number of anilines is 1. The number of benzene rings is 1. The molecule has 0 spiro atoms. The maximum absolute atomic E-state index is 4.32. The zero-order valence-corrected chi connectivity index (χ0v) is 12.0. The van der Waals surface area contributed by atoms with E-state index in [1.165, 1.54) is 0 Å². The summed E-state index contributed by atoms with van der Waals surface area (Å²) >= 11 is 3.37. The van der Waals surface area contributed by atoms with Crippen LogP contribution in [0.15, 0.2) is 53.4 Å². The van der Waals surface area contributed by atoms with E-state index in [0.29, 0.717) is 6.54 Å². The fourth-order valence-corrected chi connectivity index (χ4v) is 1.98. The third-order valence-electron chi connectivity index (χ3n) is 2.72. The van der Waals surface area contributed by atoms with Crippen molar-refractivity contribution in [2.45, 2.75) is 6.54 Å². The van der Waals surface area contributed by atoms with E-state index in [9.17, 15) is 0 Å². The maximum Gasteiger partial charge on any atom is 0.143 e. The third-order valence-corrected chi connectivity index (χ3v) is 3.19. The van der Waals surface area contributed by atoms with Crippen LogP contribution in [0.3, 0.4) is 0 Å². The molecule has 0 saturated carbocycles. The fourth-order valence-electron chi connectivity index (χ4n) is 1.74. The maximum atomic E-state index is 4.32. The minimum absolute atomic E-state index is 0.659. The second-order valence-corrected chi connectivity index (χ2v) is 5.04. The van der Waals surface area contributed by atoms with Gasteiger partial charge in [0.15, 0.2) is 0 Å². The molecule has 0 aliphatic heterocycles. The molecule has 0 fully saturated rings. The summed E-state index contributed by atoms with van der Waals surface area (Å²) in [5.74, 6) is 0. The standard InChI is InChI=1S/C13H11BrN6/c14-10-4-5-12(15-7-10)8-16-11-2-1-3-13(6-11)20-9-17-18-19-20/h1-7,9,16H,8H2. The molecule has 1 aromatic carbocycles. The zero-order chi connectivity index (χ0) is 13.8. The predicted octanol–water partition coefficient (Wildman–Crippen LogP) is 2.43. The summed E-state index contributed by atoms with van der Waals surface area (Å²) in [4.78, 5) is 4.32. The SMILES string of the molecule is Brc1ccc(CNc2cccc(-n3cnnn3)c2)nc1. The highest BCUT2D eigenvalue weighted by molar-refractivity contribution is 9.10. The van der Waals surface area contributed by atoms with Crippen molar-refractivity contribution in [2.75, 3.05) is 5.32 Å². The number of pyridine rings is 1. The molecule has 0 aliphatic carbocycles. The van der Waals surface area contributed by atoms with Crippen molar-refractivity contribution in [3.8, 4) is 5.69 Å². The molecule has 0 radical (unpaired) electrons. The van der Waals surface area contributed by atoms with Gasteiger partial charge in [0.05, 0.1) is 17.9 Å². The smallest absolute Gasteiger partial charge is 0.143 e. The van der Waals surface area contributed by atoms with Gasteiger partial charge in [-0.15, -0.1) is 5.10 Å².